The van der Waals surface area contributed by atoms with Crippen molar-refractivity contribution < 1.29 is 5.11 Å². The Morgan fingerprint density at radius 1 is 1.25 bits per heavy atom. The van der Waals surface area contributed by atoms with Crippen LogP contribution in [0.15, 0.2) is 0 Å². The van der Waals surface area contributed by atoms with Crippen LogP contribution in [0.1, 0.15) is 53.9 Å². The highest BCUT2D eigenvalue weighted by Gasteiger charge is 2.58. The van der Waals surface area contributed by atoms with Gasteiger partial charge in [-0.3, -0.25) is 0 Å². The fourth-order valence-electron chi connectivity index (χ4n) is 4.91. The zero-order chi connectivity index (χ0) is 15.0. The number of rotatable bonds is 7. The van der Waals surface area contributed by atoms with Crippen molar-refractivity contribution in [2.24, 2.45) is 16.7 Å². The maximum Gasteiger partial charge on any atom is 0.0791 e. The van der Waals surface area contributed by atoms with Crippen molar-refractivity contribution in [2.45, 2.75) is 66.0 Å². The Kier molecular flexibility index (Phi) is 4.83. The zero-order valence-electron chi connectivity index (χ0n) is 14.1. The number of hydrogen-bond donors (Lipinski definition) is 2. The molecule has 2 aliphatic rings. The lowest BCUT2D eigenvalue weighted by molar-refractivity contribution is 0.0738. The molecule has 0 heterocycles. The van der Waals surface area contributed by atoms with Gasteiger partial charge in [0.15, 0.2) is 0 Å². The van der Waals surface area contributed by atoms with E-state index in [-0.39, 0.29) is 6.10 Å². The van der Waals surface area contributed by atoms with Gasteiger partial charge in [-0.1, -0.05) is 34.6 Å². The molecule has 0 aromatic rings. The number of nitrogens with zero attached hydrogens (tertiary/aromatic N) is 1. The first-order valence-corrected chi connectivity index (χ1v) is 8.47. The summed E-state index contributed by atoms with van der Waals surface area (Å²) in [6.07, 6.45) is 3.85. The lowest BCUT2D eigenvalue weighted by atomic mass is 9.68. The lowest BCUT2D eigenvalue weighted by Gasteiger charge is -2.43. The largest absolute Gasteiger partial charge is 0.390 e. The summed E-state index contributed by atoms with van der Waals surface area (Å²) in [5.74, 6) is 0.866. The van der Waals surface area contributed by atoms with Crippen molar-refractivity contribution in [3.8, 4) is 0 Å². The molecule has 0 aliphatic heterocycles. The van der Waals surface area contributed by atoms with Gasteiger partial charge in [0.2, 0.25) is 0 Å². The average Bonchev–Trinajstić information content (AvgIpc) is 2.86. The highest BCUT2D eigenvalue weighted by molar-refractivity contribution is 5.12. The van der Waals surface area contributed by atoms with Crippen molar-refractivity contribution >= 4 is 0 Å². The van der Waals surface area contributed by atoms with Gasteiger partial charge in [0.1, 0.15) is 0 Å². The molecule has 2 rings (SSSR count). The van der Waals surface area contributed by atoms with Crippen molar-refractivity contribution in [2.75, 3.05) is 26.2 Å². The van der Waals surface area contributed by atoms with E-state index in [9.17, 15) is 5.11 Å². The van der Waals surface area contributed by atoms with Crippen molar-refractivity contribution in [3.05, 3.63) is 0 Å². The molecule has 0 amide bonds. The molecule has 0 spiro atoms. The number of aliphatic hydroxyl groups excluding tert-OH is 1. The van der Waals surface area contributed by atoms with Crippen LogP contribution in [0.3, 0.4) is 0 Å². The second-order valence-electron chi connectivity index (χ2n) is 7.90. The monoisotopic (exact) mass is 282 g/mol. The summed E-state index contributed by atoms with van der Waals surface area (Å²) >= 11 is 0. The van der Waals surface area contributed by atoms with E-state index < -0.39 is 0 Å². The van der Waals surface area contributed by atoms with E-state index in [1.54, 1.807) is 0 Å². The summed E-state index contributed by atoms with van der Waals surface area (Å²) in [6.45, 7) is 15.1. The SMILES string of the molecule is CCN(CC)CC(O)CNC1C2(C)CCC(C2)C1(C)C. The lowest BCUT2D eigenvalue weighted by Crippen LogP contribution is -2.53. The molecule has 2 fully saturated rings. The first-order chi connectivity index (χ1) is 9.33. The van der Waals surface area contributed by atoms with E-state index in [0.717, 1.165) is 32.1 Å². The Labute approximate surface area is 125 Å². The van der Waals surface area contributed by atoms with Crippen LogP contribution in [0.2, 0.25) is 0 Å². The predicted octanol–water partition coefficient (Wildman–Crippen LogP) is 2.49. The number of likely N-dealkylation sites (N-methyl/N-ethyl adjacent to an activating group) is 1. The van der Waals surface area contributed by atoms with Crippen LogP contribution in [0.4, 0.5) is 0 Å². The number of fused-ring (bicyclic) bond motifs is 2. The highest BCUT2D eigenvalue weighted by atomic mass is 16.3. The normalized spacial score (nSPS) is 36.8. The Balaban J connectivity index is 1.87. The third-order valence-corrected chi connectivity index (χ3v) is 6.19. The minimum absolute atomic E-state index is 0.256. The molecule has 4 unspecified atom stereocenters. The first-order valence-electron chi connectivity index (χ1n) is 8.47. The van der Waals surface area contributed by atoms with Gasteiger partial charge < -0.3 is 15.3 Å². The number of nitrogens with one attached hydrogen (secondary N) is 1. The van der Waals surface area contributed by atoms with E-state index >= 15 is 0 Å². The maximum absolute atomic E-state index is 10.3. The predicted molar refractivity (Wildman–Crippen MR) is 84.8 cm³/mol. The molecular weight excluding hydrogens is 248 g/mol. The van der Waals surface area contributed by atoms with Gasteiger partial charge in [-0.2, -0.15) is 0 Å². The van der Waals surface area contributed by atoms with E-state index in [0.29, 0.717) is 16.9 Å². The third-order valence-electron chi connectivity index (χ3n) is 6.19. The minimum atomic E-state index is -0.256. The molecule has 3 nitrogen and oxygen atoms in total. The van der Waals surface area contributed by atoms with Gasteiger partial charge in [0.25, 0.3) is 0 Å². The van der Waals surface area contributed by atoms with Crippen LogP contribution in [0, 0.1) is 16.7 Å². The fourth-order valence-corrected chi connectivity index (χ4v) is 4.91. The number of aliphatic hydroxyl groups is 1. The van der Waals surface area contributed by atoms with Crippen LogP contribution >= 0.6 is 0 Å². The zero-order valence-corrected chi connectivity index (χ0v) is 14.1. The van der Waals surface area contributed by atoms with Gasteiger partial charge in [-0.25, -0.2) is 0 Å². The van der Waals surface area contributed by atoms with E-state index in [1.165, 1.54) is 19.3 Å². The summed E-state index contributed by atoms with van der Waals surface area (Å²) in [5.41, 5.74) is 0.824. The first kappa shape index (κ1) is 16.3. The van der Waals surface area contributed by atoms with E-state index in [4.69, 9.17) is 0 Å². The molecule has 0 aromatic carbocycles. The van der Waals surface area contributed by atoms with Crippen molar-refractivity contribution in [1.82, 2.24) is 10.2 Å². The highest BCUT2D eigenvalue weighted by Crippen LogP contribution is 2.62. The molecule has 0 aromatic heterocycles. The Bertz CT molecular complexity index is 322. The smallest absolute Gasteiger partial charge is 0.0791 e. The molecule has 2 saturated carbocycles. The standard InChI is InChI=1S/C17H34N2O/c1-6-19(7-2)12-14(20)11-18-15-16(3,4)13-8-9-17(15,5)10-13/h13-15,18,20H,6-12H2,1-5H3. The molecule has 2 aliphatic carbocycles. The Morgan fingerprint density at radius 2 is 1.90 bits per heavy atom. The molecule has 0 radical (unpaired) electrons. The van der Waals surface area contributed by atoms with Gasteiger partial charge in [0, 0.05) is 19.1 Å². The summed E-state index contributed by atoms with van der Waals surface area (Å²) in [6, 6.07) is 0.556. The van der Waals surface area contributed by atoms with Crippen LogP contribution in [0.25, 0.3) is 0 Å². The molecule has 20 heavy (non-hydrogen) atoms. The second-order valence-corrected chi connectivity index (χ2v) is 7.90. The topological polar surface area (TPSA) is 35.5 Å². The summed E-state index contributed by atoms with van der Waals surface area (Å²) in [7, 11) is 0. The van der Waals surface area contributed by atoms with Crippen LogP contribution in [0.5, 0.6) is 0 Å². The van der Waals surface area contributed by atoms with Crippen LogP contribution < -0.4 is 5.32 Å². The second kappa shape index (κ2) is 5.94. The summed E-state index contributed by atoms with van der Waals surface area (Å²) < 4.78 is 0. The Morgan fingerprint density at radius 3 is 2.40 bits per heavy atom. The quantitative estimate of drug-likeness (QED) is 0.753. The van der Waals surface area contributed by atoms with Gasteiger partial charge in [0.05, 0.1) is 6.10 Å². The summed E-state index contributed by atoms with van der Waals surface area (Å²) in [5, 5.41) is 14.0. The maximum atomic E-state index is 10.3. The average molecular weight is 282 g/mol. The summed E-state index contributed by atoms with van der Waals surface area (Å²) in [4.78, 5) is 2.29. The minimum Gasteiger partial charge on any atom is -0.390 e. The van der Waals surface area contributed by atoms with Crippen molar-refractivity contribution in [3.63, 3.8) is 0 Å². The molecule has 2 N–H and O–H groups in total. The van der Waals surface area contributed by atoms with E-state index in [2.05, 4.69) is 44.8 Å². The fraction of sp³-hybridized carbons (Fsp3) is 1.00. The third kappa shape index (κ3) is 2.90. The van der Waals surface area contributed by atoms with Gasteiger partial charge in [-0.05, 0) is 49.1 Å². The molecule has 3 heteroatoms. The molecule has 0 saturated heterocycles. The van der Waals surface area contributed by atoms with Crippen LogP contribution in [-0.4, -0.2) is 48.3 Å². The van der Waals surface area contributed by atoms with Crippen molar-refractivity contribution in [1.29, 1.82) is 0 Å². The van der Waals surface area contributed by atoms with Gasteiger partial charge >= 0.3 is 0 Å². The molecule has 4 atom stereocenters. The van der Waals surface area contributed by atoms with Crippen LogP contribution in [-0.2, 0) is 0 Å². The van der Waals surface area contributed by atoms with Gasteiger partial charge in [-0.15, -0.1) is 0 Å². The molecule has 2 bridgehead atoms. The number of hydrogen-bond acceptors (Lipinski definition) is 3. The van der Waals surface area contributed by atoms with E-state index in [1.807, 2.05) is 0 Å². The molecular formula is C17H34N2O. The molecule has 118 valence electrons. The Hall–Kier alpha value is -0.120.